The molecule has 6 nitrogen and oxygen atoms in total. The Kier molecular flexibility index (Phi) is 4.14. The molecule has 0 spiro atoms. The number of amides is 1. The van der Waals surface area contributed by atoms with Crippen LogP contribution in [0, 0.1) is 0 Å². The van der Waals surface area contributed by atoms with Gasteiger partial charge in [0.1, 0.15) is 11.4 Å². The number of pyridine rings is 1. The summed E-state index contributed by atoms with van der Waals surface area (Å²) in [5.41, 5.74) is 1.76. The van der Waals surface area contributed by atoms with Crippen molar-refractivity contribution in [2.75, 3.05) is 13.7 Å². The lowest BCUT2D eigenvalue weighted by molar-refractivity contribution is 0.0950. The van der Waals surface area contributed by atoms with Crippen LogP contribution in [0.4, 0.5) is 0 Å². The predicted octanol–water partition coefficient (Wildman–Crippen LogP) is 2.02. The molecule has 0 aliphatic rings. The van der Waals surface area contributed by atoms with E-state index in [2.05, 4.69) is 10.3 Å². The Hall–Kier alpha value is -3.02. The number of methoxy groups -OCH3 is 1. The van der Waals surface area contributed by atoms with Crippen LogP contribution in [0.2, 0.25) is 0 Å². The minimum Gasteiger partial charge on any atom is -0.504 e. The maximum Gasteiger partial charge on any atom is 0.271 e. The lowest BCUT2D eigenvalue weighted by atomic mass is 10.1. The second-order valence-corrected chi connectivity index (χ2v) is 5.10. The average molecular weight is 311 g/mol. The molecule has 1 amide bonds. The van der Waals surface area contributed by atoms with Crippen LogP contribution >= 0.6 is 0 Å². The quantitative estimate of drug-likeness (QED) is 0.756. The average Bonchev–Trinajstić information content (AvgIpc) is 3.01. The molecule has 0 unspecified atom stereocenters. The highest BCUT2D eigenvalue weighted by Gasteiger charge is 2.12. The van der Waals surface area contributed by atoms with Gasteiger partial charge in [-0.3, -0.25) is 4.79 Å². The van der Waals surface area contributed by atoms with Crippen molar-refractivity contribution in [3.8, 4) is 11.5 Å². The molecule has 3 rings (SSSR count). The zero-order valence-corrected chi connectivity index (χ0v) is 12.7. The Morgan fingerprint density at radius 3 is 2.78 bits per heavy atom. The molecule has 3 aromatic rings. The van der Waals surface area contributed by atoms with Crippen LogP contribution in [0.3, 0.4) is 0 Å². The highest BCUT2D eigenvalue weighted by Crippen LogP contribution is 2.16. The van der Waals surface area contributed by atoms with Gasteiger partial charge in [0.25, 0.3) is 5.91 Å². The molecule has 23 heavy (non-hydrogen) atoms. The van der Waals surface area contributed by atoms with Crippen LogP contribution in [0.1, 0.15) is 16.1 Å². The summed E-state index contributed by atoms with van der Waals surface area (Å²) >= 11 is 0. The van der Waals surface area contributed by atoms with Gasteiger partial charge < -0.3 is 19.6 Å². The van der Waals surface area contributed by atoms with E-state index in [1.807, 2.05) is 24.3 Å². The number of carbonyl (C=O) groups is 1. The number of ether oxygens (including phenoxy) is 1. The number of hydrogen-bond acceptors (Lipinski definition) is 4. The predicted molar refractivity (Wildman–Crippen MR) is 85.9 cm³/mol. The molecule has 0 atom stereocenters. The number of nitrogens with zero attached hydrogens (tertiary/aromatic N) is 2. The molecule has 0 fully saturated rings. The van der Waals surface area contributed by atoms with Crippen molar-refractivity contribution in [2.45, 2.75) is 6.42 Å². The van der Waals surface area contributed by atoms with Gasteiger partial charge in [-0.1, -0.05) is 12.1 Å². The molecule has 0 saturated heterocycles. The maximum absolute atomic E-state index is 12.1. The Labute approximate surface area is 133 Å². The van der Waals surface area contributed by atoms with Crippen molar-refractivity contribution in [3.05, 3.63) is 60.0 Å². The Morgan fingerprint density at radius 2 is 2.09 bits per heavy atom. The minimum atomic E-state index is -0.262. The number of carbonyl (C=O) groups excluding carboxylic acids is 1. The summed E-state index contributed by atoms with van der Waals surface area (Å²) in [5, 5.41) is 12.5. The first-order valence-corrected chi connectivity index (χ1v) is 7.25. The molecule has 6 heteroatoms. The molecular formula is C17H17N3O3. The molecule has 0 saturated carbocycles. The zero-order chi connectivity index (χ0) is 16.2. The van der Waals surface area contributed by atoms with E-state index in [0.29, 0.717) is 18.6 Å². The number of aromatic hydroxyl groups is 1. The minimum absolute atomic E-state index is 0.0461. The third-order valence-corrected chi connectivity index (χ3v) is 3.55. The normalized spacial score (nSPS) is 10.7. The number of nitrogens with one attached hydrogen (secondary N) is 1. The van der Waals surface area contributed by atoms with Gasteiger partial charge in [-0.2, -0.15) is 0 Å². The molecule has 0 bridgehead atoms. The molecule has 1 aromatic carbocycles. The Balaban J connectivity index is 1.60. The highest BCUT2D eigenvalue weighted by atomic mass is 16.5. The first-order valence-electron chi connectivity index (χ1n) is 7.25. The number of rotatable bonds is 5. The summed E-state index contributed by atoms with van der Waals surface area (Å²) in [6.07, 6.45) is 4.04. The molecule has 2 aromatic heterocycles. The Morgan fingerprint density at radius 1 is 1.30 bits per heavy atom. The number of imidazole rings is 1. The van der Waals surface area contributed by atoms with Gasteiger partial charge in [0.2, 0.25) is 0 Å². The van der Waals surface area contributed by atoms with Crippen molar-refractivity contribution in [1.29, 1.82) is 0 Å². The monoisotopic (exact) mass is 311 g/mol. The van der Waals surface area contributed by atoms with Crippen molar-refractivity contribution in [3.63, 3.8) is 0 Å². The third kappa shape index (κ3) is 3.26. The summed E-state index contributed by atoms with van der Waals surface area (Å²) in [4.78, 5) is 16.3. The molecule has 2 heterocycles. The molecule has 2 N–H and O–H groups in total. The van der Waals surface area contributed by atoms with Crippen molar-refractivity contribution >= 4 is 11.6 Å². The van der Waals surface area contributed by atoms with Gasteiger partial charge in [0.05, 0.1) is 7.11 Å². The van der Waals surface area contributed by atoms with Crippen LogP contribution in [0.15, 0.2) is 48.8 Å². The summed E-state index contributed by atoms with van der Waals surface area (Å²) in [7, 11) is 1.63. The number of benzene rings is 1. The van der Waals surface area contributed by atoms with Gasteiger partial charge in [-0.15, -0.1) is 0 Å². The molecular weight excluding hydrogens is 294 g/mol. The van der Waals surface area contributed by atoms with E-state index in [1.165, 1.54) is 6.07 Å². The smallest absolute Gasteiger partial charge is 0.271 e. The fourth-order valence-corrected chi connectivity index (χ4v) is 2.31. The van der Waals surface area contributed by atoms with E-state index < -0.39 is 0 Å². The van der Waals surface area contributed by atoms with E-state index >= 15 is 0 Å². The van der Waals surface area contributed by atoms with E-state index in [4.69, 9.17) is 4.74 Å². The van der Waals surface area contributed by atoms with Crippen LogP contribution in [0.25, 0.3) is 5.65 Å². The van der Waals surface area contributed by atoms with Crippen molar-refractivity contribution in [1.82, 2.24) is 14.7 Å². The summed E-state index contributed by atoms with van der Waals surface area (Å²) in [6, 6.07) is 10.9. The van der Waals surface area contributed by atoms with Gasteiger partial charge in [0.15, 0.2) is 11.4 Å². The second kappa shape index (κ2) is 6.39. The van der Waals surface area contributed by atoms with Crippen molar-refractivity contribution in [2.24, 2.45) is 0 Å². The maximum atomic E-state index is 12.1. The topological polar surface area (TPSA) is 75.9 Å². The molecule has 118 valence electrons. The van der Waals surface area contributed by atoms with Gasteiger partial charge in [-0.25, -0.2) is 4.98 Å². The molecule has 0 aliphatic heterocycles. The number of aromatic nitrogens is 2. The van der Waals surface area contributed by atoms with Gasteiger partial charge >= 0.3 is 0 Å². The highest BCUT2D eigenvalue weighted by molar-refractivity contribution is 5.93. The van der Waals surface area contributed by atoms with Crippen LogP contribution < -0.4 is 10.1 Å². The first kappa shape index (κ1) is 14.9. The molecule has 0 aliphatic carbocycles. The van der Waals surface area contributed by atoms with Crippen molar-refractivity contribution < 1.29 is 14.6 Å². The van der Waals surface area contributed by atoms with Crippen LogP contribution in [0.5, 0.6) is 11.5 Å². The zero-order valence-electron chi connectivity index (χ0n) is 12.7. The summed E-state index contributed by atoms with van der Waals surface area (Å²) in [5.74, 6) is 0.591. The number of fused-ring (bicyclic) bond motifs is 1. The van der Waals surface area contributed by atoms with E-state index in [-0.39, 0.29) is 17.4 Å². The molecule has 0 radical (unpaired) electrons. The largest absolute Gasteiger partial charge is 0.504 e. The Bertz CT molecular complexity index is 825. The summed E-state index contributed by atoms with van der Waals surface area (Å²) < 4.78 is 6.73. The lowest BCUT2D eigenvalue weighted by Crippen LogP contribution is -2.25. The van der Waals surface area contributed by atoms with E-state index in [0.717, 1.165) is 11.3 Å². The summed E-state index contributed by atoms with van der Waals surface area (Å²) in [6.45, 7) is 0.505. The van der Waals surface area contributed by atoms with Crippen LogP contribution in [-0.2, 0) is 6.42 Å². The van der Waals surface area contributed by atoms with Gasteiger partial charge in [-0.05, 0) is 36.2 Å². The first-order chi connectivity index (χ1) is 11.2. The van der Waals surface area contributed by atoms with Gasteiger partial charge in [0, 0.05) is 18.9 Å². The fraction of sp³-hybridized carbons (Fsp3) is 0.176. The second-order valence-electron chi connectivity index (χ2n) is 5.10. The van der Waals surface area contributed by atoms with E-state index in [9.17, 15) is 9.90 Å². The third-order valence-electron chi connectivity index (χ3n) is 3.55. The van der Waals surface area contributed by atoms with Crippen LogP contribution in [-0.4, -0.2) is 34.1 Å². The standard InChI is InChI=1S/C17H17N3O3/c1-23-13-6-4-12(5-7-13)8-9-18-17(22)14-11-20-10-2-3-15(21)16(20)19-14/h2-7,10-11,21H,8-9H2,1H3,(H,18,22). The number of hydrogen-bond donors (Lipinski definition) is 2. The SMILES string of the molecule is COc1ccc(CCNC(=O)c2cn3cccc(O)c3n2)cc1. The fourth-order valence-electron chi connectivity index (χ4n) is 2.31. The van der Waals surface area contributed by atoms with E-state index in [1.54, 1.807) is 30.0 Å². The lowest BCUT2D eigenvalue weighted by Gasteiger charge is -2.04.